The monoisotopic (exact) mass is 278 g/mol. The fourth-order valence-electron chi connectivity index (χ4n) is 3.77. The maximum atomic E-state index is 3.81. The van der Waals surface area contributed by atoms with Gasteiger partial charge in [-0.05, 0) is 45.2 Å². The Morgan fingerprint density at radius 2 is 2.16 bits per heavy atom. The van der Waals surface area contributed by atoms with Crippen LogP contribution in [0.1, 0.15) is 42.4 Å². The molecule has 1 aromatic heterocycles. The zero-order valence-corrected chi connectivity index (χ0v) is 13.1. The molecule has 2 aliphatic rings. The van der Waals surface area contributed by atoms with Gasteiger partial charge in [-0.1, -0.05) is 12.8 Å². The Morgan fingerprint density at radius 3 is 2.84 bits per heavy atom. The van der Waals surface area contributed by atoms with E-state index in [2.05, 4.69) is 36.2 Å². The molecule has 0 amide bonds. The Labute approximate surface area is 121 Å². The van der Waals surface area contributed by atoms with Gasteiger partial charge in [-0.2, -0.15) is 0 Å². The van der Waals surface area contributed by atoms with Crippen molar-refractivity contribution in [2.24, 2.45) is 0 Å². The predicted molar refractivity (Wildman–Crippen MR) is 83.0 cm³/mol. The minimum Gasteiger partial charge on any atom is -0.309 e. The highest BCUT2D eigenvalue weighted by Crippen LogP contribution is 2.33. The predicted octanol–water partition coefficient (Wildman–Crippen LogP) is 3.21. The first-order valence-corrected chi connectivity index (χ1v) is 8.53. The summed E-state index contributed by atoms with van der Waals surface area (Å²) in [5.74, 6) is 0. The maximum absolute atomic E-state index is 3.81. The second kappa shape index (κ2) is 5.55. The topological polar surface area (TPSA) is 15.3 Å². The van der Waals surface area contributed by atoms with Gasteiger partial charge in [0, 0.05) is 41.0 Å². The highest BCUT2D eigenvalue weighted by Gasteiger charge is 2.38. The van der Waals surface area contributed by atoms with Gasteiger partial charge < -0.3 is 5.32 Å². The zero-order chi connectivity index (χ0) is 13.3. The lowest BCUT2D eigenvalue weighted by Crippen LogP contribution is -2.60. The molecule has 1 unspecified atom stereocenters. The average molecular weight is 278 g/mol. The van der Waals surface area contributed by atoms with Gasteiger partial charge >= 0.3 is 0 Å². The molecule has 106 valence electrons. The summed E-state index contributed by atoms with van der Waals surface area (Å²) in [5, 5.41) is 3.81. The van der Waals surface area contributed by atoms with Gasteiger partial charge in [-0.3, -0.25) is 4.90 Å². The van der Waals surface area contributed by atoms with E-state index < -0.39 is 0 Å². The van der Waals surface area contributed by atoms with E-state index in [1.807, 2.05) is 11.3 Å². The van der Waals surface area contributed by atoms with Crippen molar-refractivity contribution in [3.05, 3.63) is 21.9 Å². The average Bonchev–Trinajstić information content (AvgIpc) is 3.00. The van der Waals surface area contributed by atoms with Crippen LogP contribution in [-0.2, 0) is 6.42 Å². The molecule has 2 nitrogen and oxygen atoms in total. The van der Waals surface area contributed by atoms with Crippen molar-refractivity contribution in [3.63, 3.8) is 0 Å². The minimum atomic E-state index is 0.456. The molecule has 1 aliphatic heterocycles. The summed E-state index contributed by atoms with van der Waals surface area (Å²) in [6, 6.07) is 5.24. The van der Waals surface area contributed by atoms with Crippen LogP contribution in [0.25, 0.3) is 0 Å². The van der Waals surface area contributed by atoms with Gasteiger partial charge in [0.25, 0.3) is 0 Å². The standard InChI is InChI=1S/C16H26N2S/c1-13(11-15-6-5-14(2)19-15)18-10-9-17-16(12-18)7-3-4-8-16/h5-6,13,17H,3-4,7-12H2,1-2H3. The van der Waals surface area contributed by atoms with E-state index in [1.165, 1.54) is 56.6 Å². The fraction of sp³-hybridized carbons (Fsp3) is 0.750. The Kier molecular flexibility index (Phi) is 3.97. The summed E-state index contributed by atoms with van der Waals surface area (Å²) in [6.45, 7) is 8.26. The molecular formula is C16H26N2S. The number of hydrogen-bond acceptors (Lipinski definition) is 3. The van der Waals surface area contributed by atoms with Crippen molar-refractivity contribution < 1.29 is 0 Å². The van der Waals surface area contributed by atoms with Crippen LogP contribution in [0.15, 0.2) is 12.1 Å². The molecule has 1 aliphatic carbocycles. The highest BCUT2D eigenvalue weighted by atomic mass is 32.1. The van der Waals surface area contributed by atoms with Gasteiger partial charge in [0.2, 0.25) is 0 Å². The lowest BCUT2D eigenvalue weighted by Gasteiger charge is -2.44. The second-order valence-corrected chi connectivity index (χ2v) is 7.82. The Bertz CT molecular complexity index is 420. The van der Waals surface area contributed by atoms with Crippen LogP contribution in [0, 0.1) is 6.92 Å². The number of aryl methyl sites for hydroxylation is 1. The molecule has 1 atom stereocenters. The lowest BCUT2D eigenvalue weighted by atomic mass is 9.93. The molecule has 19 heavy (non-hydrogen) atoms. The first-order valence-electron chi connectivity index (χ1n) is 7.71. The number of nitrogens with zero attached hydrogens (tertiary/aromatic N) is 1. The molecule has 2 heterocycles. The molecule has 0 bridgehead atoms. The minimum absolute atomic E-state index is 0.456. The summed E-state index contributed by atoms with van der Waals surface area (Å²) in [4.78, 5) is 5.70. The molecule has 1 aromatic rings. The van der Waals surface area contributed by atoms with Crippen molar-refractivity contribution >= 4 is 11.3 Å². The summed E-state index contributed by atoms with van der Waals surface area (Å²) in [7, 11) is 0. The summed E-state index contributed by atoms with van der Waals surface area (Å²) in [6.07, 6.45) is 6.82. The van der Waals surface area contributed by atoms with E-state index in [0.717, 1.165) is 0 Å². The molecule has 1 N–H and O–H groups in total. The Morgan fingerprint density at radius 1 is 1.37 bits per heavy atom. The van der Waals surface area contributed by atoms with E-state index in [0.29, 0.717) is 11.6 Å². The van der Waals surface area contributed by atoms with Crippen molar-refractivity contribution in [1.82, 2.24) is 10.2 Å². The molecule has 2 fully saturated rings. The molecular weight excluding hydrogens is 252 g/mol. The van der Waals surface area contributed by atoms with Crippen LogP contribution in [0.3, 0.4) is 0 Å². The Hall–Kier alpha value is -0.380. The van der Waals surface area contributed by atoms with Gasteiger partial charge in [0.15, 0.2) is 0 Å². The molecule has 0 aromatic carbocycles. The number of nitrogens with one attached hydrogen (secondary N) is 1. The highest BCUT2D eigenvalue weighted by molar-refractivity contribution is 7.11. The Balaban J connectivity index is 1.61. The molecule has 3 rings (SSSR count). The summed E-state index contributed by atoms with van der Waals surface area (Å²) >= 11 is 1.96. The third-order valence-corrected chi connectivity index (χ3v) is 5.90. The van der Waals surface area contributed by atoms with Crippen LogP contribution in [0.4, 0.5) is 0 Å². The molecule has 1 saturated carbocycles. The van der Waals surface area contributed by atoms with Crippen molar-refractivity contribution in [3.8, 4) is 0 Å². The summed E-state index contributed by atoms with van der Waals surface area (Å²) < 4.78 is 0. The fourth-order valence-corrected chi connectivity index (χ4v) is 4.78. The van der Waals surface area contributed by atoms with Crippen LogP contribution in [-0.4, -0.2) is 36.1 Å². The largest absolute Gasteiger partial charge is 0.309 e. The van der Waals surface area contributed by atoms with Crippen molar-refractivity contribution in [2.75, 3.05) is 19.6 Å². The third-order valence-electron chi connectivity index (χ3n) is 4.88. The number of piperazine rings is 1. The number of rotatable bonds is 3. The van der Waals surface area contributed by atoms with E-state index in [9.17, 15) is 0 Å². The van der Waals surface area contributed by atoms with E-state index in [1.54, 1.807) is 4.88 Å². The van der Waals surface area contributed by atoms with E-state index in [-0.39, 0.29) is 0 Å². The van der Waals surface area contributed by atoms with Crippen LogP contribution >= 0.6 is 11.3 Å². The first-order chi connectivity index (χ1) is 9.17. The molecule has 1 saturated heterocycles. The van der Waals surface area contributed by atoms with Gasteiger partial charge in [0.1, 0.15) is 0 Å². The third kappa shape index (κ3) is 3.04. The second-order valence-electron chi connectivity index (χ2n) is 6.45. The molecule has 0 radical (unpaired) electrons. The van der Waals surface area contributed by atoms with Crippen LogP contribution < -0.4 is 5.32 Å². The first kappa shape index (κ1) is 13.6. The van der Waals surface area contributed by atoms with Crippen LogP contribution in [0.5, 0.6) is 0 Å². The van der Waals surface area contributed by atoms with Gasteiger partial charge in [-0.25, -0.2) is 0 Å². The molecule has 1 spiro atoms. The van der Waals surface area contributed by atoms with Gasteiger partial charge in [0.05, 0.1) is 0 Å². The van der Waals surface area contributed by atoms with Crippen LogP contribution in [0.2, 0.25) is 0 Å². The van der Waals surface area contributed by atoms with E-state index >= 15 is 0 Å². The van der Waals surface area contributed by atoms with Gasteiger partial charge in [-0.15, -0.1) is 11.3 Å². The van der Waals surface area contributed by atoms with Crippen molar-refractivity contribution in [2.45, 2.75) is 57.5 Å². The smallest absolute Gasteiger partial charge is 0.0309 e. The normalized spacial score (nSPS) is 24.9. The van der Waals surface area contributed by atoms with E-state index in [4.69, 9.17) is 0 Å². The number of hydrogen-bond donors (Lipinski definition) is 1. The maximum Gasteiger partial charge on any atom is 0.0309 e. The SMILES string of the molecule is Cc1ccc(CC(C)N2CCNC3(CCCC3)C2)s1. The quantitative estimate of drug-likeness (QED) is 0.913. The molecule has 3 heteroatoms. The number of thiophene rings is 1. The van der Waals surface area contributed by atoms with Crippen molar-refractivity contribution in [1.29, 1.82) is 0 Å². The summed E-state index contributed by atoms with van der Waals surface area (Å²) in [5.41, 5.74) is 0.456. The lowest BCUT2D eigenvalue weighted by molar-refractivity contribution is 0.101. The zero-order valence-electron chi connectivity index (χ0n) is 12.2.